The summed E-state index contributed by atoms with van der Waals surface area (Å²) in [6.45, 7) is 0.924. The summed E-state index contributed by atoms with van der Waals surface area (Å²) >= 11 is 11.0. The molecule has 0 aliphatic heterocycles. The normalized spacial score (nSPS) is 11.7. The minimum atomic E-state index is -2.10. The Morgan fingerprint density at radius 2 is 1.04 bits per heavy atom. The van der Waals surface area contributed by atoms with Gasteiger partial charge in [0.25, 0.3) is 0 Å². The Morgan fingerprint density at radius 3 is 1.50 bits per heavy atom. The molecule has 0 aromatic heterocycles. The molecular weight excluding hydrogens is 680 g/mol. The number of ether oxygens (including phenoxy) is 2. The zero-order chi connectivity index (χ0) is 35.0. The summed E-state index contributed by atoms with van der Waals surface area (Å²) in [6.07, 6.45) is 0.548. The van der Waals surface area contributed by atoms with E-state index in [0.717, 1.165) is 16.9 Å². The van der Waals surface area contributed by atoms with Crippen LogP contribution in [0.3, 0.4) is 0 Å². The highest BCUT2D eigenvalue weighted by Gasteiger charge is 2.45. The van der Waals surface area contributed by atoms with Gasteiger partial charge in [-0.1, -0.05) is 84.9 Å². The first-order valence-electron chi connectivity index (χ1n) is 16.0. The molecule has 0 fully saturated rings. The van der Waals surface area contributed by atoms with Gasteiger partial charge in [-0.15, -0.1) is 0 Å². The van der Waals surface area contributed by atoms with Crippen LogP contribution in [-0.4, -0.2) is 55.3 Å². The fourth-order valence-electron chi connectivity index (χ4n) is 5.32. The van der Waals surface area contributed by atoms with E-state index in [0.29, 0.717) is 41.1 Å². The van der Waals surface area contributed by atoms with Gasteiger partial charge in [0, 0.05) is 24.7 Å². The molecule has 0 saturated heterocycles. The summed E-state index contributed by atoms with van der Waals surface area (Å²) in [5.74, 6) is 0.728. The lowest BCUT2D eigenvalue weighted by Crippen LogP contribution is -2.37. The monoisotopic (exact) mass is 719 g/mol. The van der Waals surface area contributed by atoms with Gasteiger partial charge in [-0.25, -0.2) is 0 Å². The lowest BCUT2D eigenvalue weighted by atomic mass is 10.00. The molecule has 0 atom stereocenters. The van der Waals surface area contributed by atoms with E-state index in [1.54, 1.807) is 14.2 Å². The molecule has 8 nitrogen and oxygen atoms in total. The van der Waals surface area contributed by atoms with Gasteiger partial charge in [0.2, 0.25) is 0 Å². The summed E-state index contributed by atoms with van der Waals surface area (Å²) in [6, 6.07) is 49.3. The van der Waals surface area contributed by atoms with Crippen LogP contribution < -0.4 is 42.1 Å². The van der Waals surface area contributed by atoms with E-state index >= 15 is 0 Å². The van der Waals surface area contributed by atoms with E-state index < -0.39 is 7.26 Å². The Kier molecular flexibility index (Phi) is 13.6. The highest BCUT2D eigenvalue weighted by Crippen LogP contribution is 2.55. The molecule has 5 rings (SSSR count). The zero-order valence-electron chi connectivity index (χ0n) is 28.0. The van der Waals surface area contributed by atoms with Crippen molar-refractivity contribution in [3.8, 4) is 5.75 Å². The number of rotatable bonds is 14. The first kappa shape index (κ1) is 36.3. The van der Waals surface area contributed by atoms with Crippen LogP contribution >= 0.6 is 31.7 Å². The molecule has 0 unspecified atom stereocenters. The third-order valence-corrected chi connectivity index (χ3v) is 12.4. The minimum absolute atomic E-state index is 0.352. The average Bonchev–Trinajstić information content (AvgIpc) is 3.19. The smallest absolute Gasteiger partial charge is 0.187 e. The van der Waals surface area contributed by atoms with Crippen LogP contribution in [0.15, 0.2) is 156 Å². The third-order valence-electron chi connectivity index (χ3n) is 7.81. The molecule has 0 aliphatic carbocycles. The Balaban J connectivity index is 1.32. The molecule has 5 aromatic carbocycles. The van der Waals surface area contributed by atoms with Crippen molar-refractivity contribution < 1.29 is 9.47 Å². The van der Waals surface area contributed by atoms with Crippen molar-refractivity contribution in [1.29, 1.82) is 0 Å². The van der Waals surface area contributed by atoms with Gasteiger partial charge in [0.15, 0.2) is 16.6 Å². The lowest BCUT2D eigenvalue weighted by molar-refractivity contribution is 0.185. The second-order valence-corrected chi connectivity index (χ2v) is 15.2. The molecule has 50 heavy (non-hydrogen) atoms. The van der Waals surface area contributed by atoms with Crippen molar-refractivity contribution in [3.63, 3.8) is 0 Å². The standard InChI is InChI=1S/C39H39N6O2PS2/c1-40-38(49)44-42-37(31-23-25-32(46-2)26-24-31)36(30-15-7-3-8-16-30)43-45-39(50)41-27-28-47-29-48(33-17-9-4-10-18-33,34-19-11-5-12-20-34)35-21-13-6-14-22-35/h3-26H,27-29H2,1-2H3,(H3-,40,41,42,43,44,45,49,50)/p+1. The number of nitrogens with zero attached hydrogens (tertiary/aromatic N) is 2. The summed E-state index contributed by atoms with van der Waals surface area (Å²) in [5.41, 5.74) is 8.67. The van der Waals surface area contributed by atoms with E-state index in [2.05, 4.69) is 118 Å². The van der Waals surface area contributed by atoms with Crippen molar-refractivity contribution >= 4 is 69.3 Å². The van der Waals surface area contributed by atoms with Gasteiger partial charge < -0.3 is 20.1 Å². The fraction of sp³-hybridized carbons (Fsp3) is 0.128. The first-order valence-corrected chi connectivity index (χ1v) is 18.8. The molecule has 0 amide bonds. The maximum atomic E-state index is 6.50. The topological polar surface area (TPSA) is 91.3 Å². The quantitative estimate of drug-likeness (QED) is 0.0403. The van der Waals surface area contributed by atoms with Crippen LogP contribution in [0.4, 0.5) is 0 Å². The van der Waals surface area contributed by atoms with Gasteiger partial charge in [-0.05, 0) is 85.1 Å². The van der Waals surface area contributed by atoms with E-state index in [9.17, 15) is 0 Å². The summed E-state index contributed by atoms with van der Waals surface area (Å²) < 4.78 is 11.9. The van der Waals surface area contributed by atoms with Gasteiger partial charge in [0.05, 0.1) is 13.7 Å². The van der Waals surface area contributed by atoms with Crippen LogP contribution in [0, 0.1) is 0 Å². The van der Waals surface area contributed by atoms with Crippen molar-refractivity contribution in [1.82, 2.24) is 21.5 Å². The second-order valence-electron chi connectivity index (χ2n) is 10.9. The van der Waals surface area contributed by atoms with Crippen molar-refractivity contribution in [2.75, 3.05) is 33.7 Å². The number of hydrazone groups is 2. The van der Waals surface area contributed by atoms with Gasteiger partial charge in [0.1, 0.15) is 40.3 Å². The van der Waals surface area contributed by atoms with Gasteiger partial charge >= 0.3 is 0 Å². The fourth-order valence-corrected chi connectivity index (χ4v) is 9.30. The van der Waals surface area contributed by atoms with Crippen molar-refractivity contribution in [2.45, 2.75) is 0 Å². The zero-order valence-corrected chi connectivity index (χ0v) is 30.5. The van der Waals surface area contributed by atoms with Gasteiger partial charge in [-0.3, -0.25) is 10.9 Å². The summed E-state index contributed by atoms with van der Waals surface area (Å²) in [7, 11) is 1.26. The number of nitrogens with one attached hydrogen (secondary N) is 4. The molecule has 0 heterocycles. The Hall–Kier alpha value is -4.99. The van der Waals surface area contributed by atoms with Crippen LogP contribution in [0.1, 0.15) is 11.1 Å². The third kappa shape index (κ3) is 9.37. The van der Waals surface area contributed by atoms with Crippen LogP contribution in [0.5, 0.6) is 5.75 Å². The number of hydrogen-bond donors (Lipinski definition) is 4. The summed E-state index contributed by atoms with van der Waals surface area (Å²) in [5, 5.41) is 20.0. The van der Waals surface area contributed by atoms with Crippen molar-refractivity contribution in [3.05, 3.63) is 157 Å². The van der Waals surface area contributed by atoms with Crippen LogP contribution in [0.2, 0.25) is 0 Å². The predicted molar refractivity (Wildman–Crippen MR) is 217 cm³/mol. The number of methoxy groups -OCH3 is 1. The van der Waals surface area contributed by atoms with E-state index in [4.69, 9.17) is 39.0 Å². The first-order chi connectivity index (χ1) is 24.5. The SMILES string of the molecule is CNC(=S)N/N=C(/C(=N/NC(=S)NCCOC[P+](c1ccccc1)(c1ccccc1)c1ccccc1)c1ccccc1)c1ccc(OC)cc1. The molecular formula is C39H40N6O2PS2+. The molecule has 254 valence electrons. The predicted octanol–water partition coefficient (Wildman–Crippen LogP) is 5.33. The number of benzene rings is 5. The van der Waals surface area contributed by atoms with Crippen LogP contribution in [-0.2, 0) is 4.74 Å². The molecule has 0 aliphatic rings. The molecule has 5 aromatic rings. The lowest BCUT2D eigenvalue weighted by Gasteiger charge is -2.27. The molecule has 0 saturated carbocycles. The molecule has 0 spiro atoms. The second kappa shape index (κ2) is 18.7. The van der Waals surface area contributed by atoms with Crippen molar-refractivity contribution in [2.24, 2.45) is 10.2 Å². The summed E-state index contributed by atoms with van der Waals surface area (Å²) in [4.78, 5) is 0. The molecule has 11 heteroatoms. The average molecular weight is 720 g/mol. The van der Waals surface area contributed by atoms with E-state index in [1.165, 1.54) is 15.9 Å². The molecule has 4 N–H and O–H groups in total. The van der Waals surface area contributed by atoms with E-state index in [1.807, 2.05) is 54.6 Å². The molecule has 0 bridgehead atoms. The maximum Gasteiger partial charge on any atom is 0.187 e. The Bertz CT molecular complexity index is 1780. The highest BCUT2D eigenvalue weighted by molar-refractivity contribution is 7.95. The number of thiocarbonyl (C=S) groups is 2. The number of hydrogen-bond acceptors (Lipinski definition) is 6. The minimum Gasteiger partial charge on any atom is -0.497 e. The van der Waals surface area contributed by atoms with Gasteiger partial charge in [-0.2, -0.15) is 10.2 Å². The van der Waals surface area contributed by atoms with Crippen LogP contribution in [0.25, 0.3) is 0 Å². The Morgan fingerprint density at radius 1 is 0.600 bits per heavy atom. The molecule has 0 radical (unpaired) electrons. The largest absolute Gasteiger partial charge is 0.497 e. The Labute approximate surface area is 305 Å². The van der Waals surface area contributed by atoms with E-state index in [-0.39, 0.29) is 0 Å². The maximum absolute atomic E-state index is 6.50. The highest BCUT2D eigenvalue weighted by atomic mass is 32.1.